The van der Waals surface area contributed by atoms with E-state index in [1.165, 1.54) is 20.3 Å². The predicted molar refractivity (Wildman–Crippen MR) is 83.2 cm³/mol. The molecule has 5 nitrogen and oxygen atoms in total. The average molecular weight is 312 g/mol. The first-order chi connectivity index (χ1) is 11.1. The standard InChI is InChI=1S/C18H16O5/c1-21-14-8-7-12(10-15(14)22-2)18(20)23-16-9-11-5-3-4-6-13(11)17(16)19/h3-8,10,16H,9H2,1-2H3. The predicted octanol–water partition coefficient (Wildman–Crippen LogP) is 2.67. The van der Waals surface area contributed by atoms with Gasteiger partial charge in [0.15, 0.2) is 17.6 Å². The maximum Gasteiger partial charge on any atom is 0.339 e. The Hall–Kier alpha value is -2.82. The molecule has 0 bridgehead atoms. The second-order valence-electron chi connectivity index (χ2n) is 5.19. The first-order valence-corrected chi connectivity index (χ1v) is 7.19. The molecule has 0 saturated heterocycles. The molecule has 1 aliphatic carbocycles. The van der Waals surface area contributed by atoms with Crippen molar-refractivity contribution in [3.63, 3.8) is 0 Å². The molecule has 0 aliphatic heterocycles. The molecule has 23 heavy (non-hydrogen) atoms. The summed E-state index contributed by atoms with van der Waals surface area (Å²) in [5.74, 6) is 0.239. The number of fused-ring (bicyclic) bond motifs is 1. The third kappa shape index (κ3) is 2.77. The molecule has 0 spiro atoms. The number of ketones is 1. The number of carbonyl (C=O) groups excluding carboxylic acids is 2. The molecular formula is C18H16O5. The van der Waals surface area contributed by atoms with Crippen molar-refractivity contribution in [2.45, 2.75) is 12.5 Å². The highest BCUT2D eigenvalue weighted by molar-refractivity contribution is 6.05. The molecule has 0 saturated carbocycles. The van der Waals surface area contributed by atoms with Crippen LogP contribution in [-0.2, 0) is 11.2 Å². The summed E-state index contributed by atoms with van der Waals surface area (Å²) in [4.78, 5) is 24.6. The van der Waals surface area contributed by atoms with Crippen LogP contribution >= 0.6 is 0 Å². The Balaban J connectivity index is 1.77. The van der Waals surface area contributed by atoms with Crippen molar-refractivity contribution in [3.8, 4) is 11.5 Å². The van der Waals surface area contributed by atoms with E-state index in [0.717, 1.165) is 5.56 Å². The number of hydrogen-bond donors (Lipinski definition) is 0. The maximum absolute atomic E-state index is 12.3. The molecule has 2 aromatic carbocycles. The van der Waals surface area contributed by atoms with Gasteiger partial charge in [-0.15, -0.1) is 0 Å². The van der Waals surface area contributed by atoms with Crippen molar-refractivity contribution in [2.24, 2.45) is 0 Å². The van der Waals surface area contributed by atoms with Crippen LogP contribution in [-0.4, -0.2) is 32.1 Å². The summed E-state index contributed by atoms with van der Waals surface area (Å²) >= 11 is 0. The van der Waals surface area contributed by atoms with E-state index in [0.29, 0.717) is 29.0 Å². The summed E-state index contributed by atoms with van der Waals surface area (Å²) in [5, 5.41) is 0. The topological polar surface area (TPSA) is 61.8 Å². The first kappa shape index (κ1) is 15.1. The lowest BCUT2D eigenvalue weighted by atomic mass is 10.1. The maximum atomic E-state index is 12.3. The molecule has 0 radical (unpaired) electrons. The van der Waals surface area contributed by atoms with Crippen LogP contribution in [0.3, 0.4) is 0 Å². The van der Waals surface area contributed by atoms with Gasteiger partial charge in [0, 0.05) is 12.0 Å². The zero-order chi connectivity index (χ0) is 16.4. The molecule has 5 heteroatoms. The zero-order valence-corrected chi connectivity index (χ0v) is 12.9. The molecule has 2 aromatic rings. The largest absolute Gasteiger partial charge is 0.493 e. The van der Waals surface area contributed by atoms with Gasteiger partial charge >= 0.3 is 5.97 Å². The van der Waals surface area contributed by atoms with Gasteiger partial charge in [-0.2, -0.15) is 0 Å². The lowest BCUT2D eigenvalue weighted by Crippen LogP contribution is -2.24. The number of Topliss-reactive ketones (excluding diaryl/α,β-unsaturated/α-hetero) is 1. The summed E-state index contributed by atoms with van der Waals surface area (Å²) in [6.45, 7) is 0. The molecule has 1 unspecified atom stereocenters. The van der Waals surface area contributed by atoms with Crippen molar-refractivity contribution in [3.05, 3.63) is 59.2 Å². The Morgan fingerprint density at radius 1 is 1.04 bits per heavy atom. The van der Waals surface area contributed by atoms with Crippen LogP contribution < -0.4 is 9.47 Å². The summed E-state index contributed by atoms with van der Waals surface area (Å²) in [7, 11) is 3.01. The number of hydrogen-bond acceptors (Lipinski definition) is 5. The third-order valence-corrected chi connectivity index (χ3v) is 3.85. The quantitative estimate of drug-likeness (QED) is 0.812. The van der Waals surface area contributed by atoms with Gasteiger partial charge in [-0.3, -0.25) is 4.79 Å². The van der Waals surface area contributed by atoms with Crippen LogP contribution in [0.25, 0.3) is 0 Å². The van der Waals surface area contributed by atoms with Crippen LogP contribution in [0.4, 0.5) is 0 Å². The van der Waals surface area contributed by atoms with Crippen LogP contribution in [0, 0.1) is 0 Å². The minimum atomic E-state index is -0.770. The van der Waals surface area contributed by atoms with Gasteiger partial charge in [0.25, 0.3) is 0 Å². The molecule has 1 atom stereocenters. The summed E-state index contributed by atoms with van der Waals surface area (Å²) in [6, 6.07) is 12.0. The number of esters is 1. The molecular weight excluding hydrogens is 296 g/mol. The Morgan fingerprint density at radius 2 is 1.78 bits per heavy atom. The van der Waals surface area contributed by atoms with E-state index in [2.05, 4.69) is 0 Å². The fourth-order valence-corrected chi connectivity index (χ4v) is 2.66. The Morgan fingerprint density at radius 3 is 2.48 bits per heavy atom. The van der Waals surface area contributed by atoms with Gasteiger partial charge in [-0.1, -0.05) is 24.3 Å². The van der Waals surface area contributed by atoms with Crippen molar-refractivity contribution in [1.82, 2.24) is 0 Å². The highest BCUT2D eigenvalue weighted by Gasteiger charge is 2.33. The van der Waals surface area contributed by atoms with Gasteiger partial charge in [0.05, 0.1) is 19.8 Å². The van der Waals surface area contributed by atoms with Crippen LogP contribution in [0.15, 0.2) is 42.5 Å². The number of benzene rings is 2. The normalized spacial score (nSPS) is 15.9. The number of methoxy groups -OCH3 is 2. The Labute approximate surface area is 133 Å². The van der Waals surface area contributed by atoms with E-state index < -0.39 is 12.1 Å². The molecule has 0 heterocycles. The van der Waals surface area contributed by atoms with E-state index in [1.807, 2.05) is 12.1 Å². The number of rotatable bonds is 4. The van der Waals surface area contributed by atoms with Gasteiger partial charge in [-0.25, -0.2) is 4.79 Å². The number of carbonyl (C=O) groups is 2. The lowest BCUT2D eigenvalue weighted by molar-refractivity contribution is 0.0304. The summed E-state index contributed by atoms with van der Waals surface area (Å²) < 4.78 is 15.7. The Kier molecular flexibility index (Phi) is 4.02. The van der Waals surface area contributed by atoms with Gasteiger partial charge in [0.2, 0.25) is 5.78 Å². The SMILES string of the molecule is COc1ccc(C(=O)OC2Cc3ccccc3C2=O)cc1OC. The monoisotopic (exact) mass is 312 g/mol. The van der Waals surface area contributed by atoms with Gasteiger partial charge in [-0.05, 0) is 23.8 Å². The van der Waals surface area contributed by atoms with E-state index in [9.17, 15) is 9.59 Å². The lowest BCUT2D eigenvalue weighted by Gasteiger charge is -2.12. The van der Waals surface area contributed by atoms with E-state index in [-0.39, 0.29) is 5.78 Å². The minimum Gasteiger partial charge on any atom is -0.493 e. The highest BCUT2D eigenvalue weighted by atomic mass is 16.5. The molecule has 0 fully saturated rings. The molecule has 118 valence electrons. The summed E-state index contributed by atoms with van der Waals surface area (Å²) in [5.41, 5.74) is 1.84. The third-order valence-electron chi connectivity index (χ3n) is 3.85. The van der Waals surface area contributed by atoms with Crippen LogP contribution in [0.1, 0.15) is 26.3 Å². The van der Waals surface area contributed by atoms with E-state index in [4.69, 9.17) is 14.2 Å². The molecule has 0 aromatic heterocycles. The second kappa shape index (κ2) is 6.12. The van der Waals surface area contributed by atoms with Crippen molar-refractivity contribution in [2.75, 3.05) is 14.2 Å². The van der Waals surface area contributed by atoms with E-state index >= 15 is 0 Å². The summed E-state index contributed by atoms with van der Waals surface area (Å²) in [6.07, 6.45) is -0.360. The Bertz CT molecular complexity index is 766. The smallest absolute Gasteiger partial charge is 0.339 e. The first-order valence-electron chi connectivity index (χ1n) is 7.19. The van der Waals surface area contributed by atoms with Gasteiger partial charge in [0.1, 0.15) is 0 Å². The number of ether oxygens (including phenoxy) is 3. The fourth-order valence-electron chi connectivity index (χ4n) is 2.66. The molecule has 0 amide bonds. The van der Waals surface area contributed by atoms with Crippen molar-refractivity contribution >= 4 is 11.8 Å². The zero-order valence-electron chi connectivity index (χ0n) is 12.9. The second-order valence-corrected chi connectivity index (χ2v) is 5.19. The van der Waals surface area contributed by atoms with Crippen molar-refractivity contribution in [1.29, 1.82) is 0 Å². The van der Waals surface area contributed by atoms with Gasteiger partial charge < -0.3 is 14.2 Å². The van der Waals surface area contributed by atoms with Crippen LogP contribution in [0.5, 0.6) is 11.5 Å². The average Bonchev–Trinajstić information content (AvgIpc) is 2.90. The van der Waals surface area contributed by atoms with Crippen molar-refractivity contribution < 1.29 is 23.8 Å². The fraction of sp³-hybridized carbons (Fsp3) is 0.222. The molecule has 3 rings (SSSR count). The molecule has 1 aliphatic rings. The highest BCUT2D eigenvalue weighted by Crippen LogP contribution is 2.29. The van der Waals surface area contributed by atoms with Crippen LogP contribution in [0.2, 0.25) is 0 Å². The molecule has 0 N–H and O–H groups in total. The van der Waals surface area contributed by atoms with E-state index in [1.54, 1.807) is 24.3 Å². The minimum absolute atomic E-state index is 0.158.